The first-order valence-electron chi connectivity index (χ1n) is 10.7. The maximum atomic E-state index is 12.2. The van der Waals surface area contributed by atoms with Crippen molar-refractivity contribution in [2.45, 2.75) is 39.7 Å². The molecule has 194 valence electrons. The number of nitrogens with zero attached hydrogens (tertiary/aromatic N) is 5. The van der Waals surface area contributed by atoms with Gasteiger partial charge in [0.15, 0.2) is 5.75 Å². The van der Waals surface area contributed by atoms with E-state index in [0.29, 0.717) is 5.56 Å². The molecule has 0 fully saturated rings. The molecule has 1 aromatic carbocycles. The van der Waals surface area contributed by atoms with Gasteiger partial charge in [0, 0.05) is 17.7 Å². The number of halogens is 2. The van der Waals surface area contributed by atoms with Crippen LogP contribution in [0.5, 0.6) is 17.5 Å². The normalized spacial score (nSPS) is 10.8. The molecule has 2 heterocycles. The number of aromatic amines is 1. The largest absolute Gasteiger partial charge is 0.438 e. The van der Waals surface area contributed by atoms with Gasteiger partial charge in [-0.2, -0.15) is 9.94 Å². The molecule has 0 atom stereocenters. The molecular formula is C22H21Cl2N7O6. The van der Waals surface area contributed by atoms with Crippen molar-refractivity contribution in [2.75, 3.05) is 6.79 Å². The lowest BCUT2D eigenvalue weighted by Gasteiger charge is -2.15. The van der Waals surface area contributed by atoms with Crippen LogP contribution in [0.15, 0.2) is 27.8 Å². The summed E-state index contributed by atoms with van der Waals surface area (Å²) in [6.07, 6.45) is -0.634. The molecule has 0 unspecified atom stereocenters. The van der Waals surface area contributed by atoms with E-state index in [-0.39, 0.29) is 52.0 Å². The van der Waals surface area contributed by atoms with E-state index in [1.54, 1.807) is 26.0 Å². The number of hydrogen-bond acceptors (Lipinski definition) is 10. The van der Waals surface area contributed by atoms with Gasteiger partial charge in [-0.1, -0.05) is 37.0 Å². The van der Waals surface area contributed by atoms with E-state index >= 15 is 0 Å². The third kappa shape index (κ3) is 6.75. The highest BCUT2D eigenvalue weighted by Gasteiger charge is 2.18. The summed E-state index contributed by atoms with van der Waals surface area (Å²) in [4.78, 5) is 37.4. The molecule has 0 aliphatic carbocycles. The SMILES string of the molecule is CC(C)NC(=O)OCOc1nnc(Oc2c(Cl)cc(-n3nc(C#N)c(=O)[nH]c3=O)cc2Cl)cc1C(C)C. The number of hydrogen-bond donors (Lipinski definition) is 2. The number of alkyl carbamates (subject to hydrolysis) is 1. The molecule has 3 rings (SSSR count). The molecule has 3 aromatic rings. The third-order valence-corrected chi connectivity index (χ3v) is 5.11. The number of carbonyl (C=O) groups is 1. The molecule has 2 N–H and O–H groups in total. The van der Waals surface area contributed by atoms with Crippen LogP contribution in [0, 0.1) is 11.3 Å². The smallest absolute Gasteiger partial charge is 0.410 e. The predicted octanol–water partition coefficient (Wildman–Crippen LogP) is 3.28. The average Bonchev–Trinajstić information content (AvgIpc) is 2.81. The minimum absolute atomic E-state index is 0.0106. The summed E-state index contributed by atoms with van der Waals surface area (Å²) in [6.45, 7) is 6.98. The minimum Gasteiger partial charge on any atom is -0.438 e. The summed E-state index contributed by atoms with van der Waals surface area (Å²) in [5, 5.41) is 23.2. The highest BCUT2D eigenvalue weighted by Crippen LogP contribution is 2.38. The number of nitrogens with one attached hydrogen (secondary N) is 2. The van der Waals surface area contributed by atoms with Crippen LogP contribution in [0.1, 0.15) is 44.9 Å². The fourth-order valence-corrected chi connectivity index (χ4v) is 3.44. The fraction of sp³-hybridized carbons (Fsp3) is 0.318. The molecular weight excluding hydrogens is 529 g/mol. The number of ether oxygens (including phenoxy) is 3. The standard InChI is InChI=1S/C22H21Cl2N7O6/c1-10(2)13-7-17(28-29-20(13)35-9-36-22(34)26-11(3)4)37-18-14(23)5-12(6-15(18)24)31-21(33)27-19(32)16(8-25)30-31/h5-7,10-11H,9H2,1-4H3,(H,26,34)(H,27,32,33). The van der Waals surface area contributed by atoms with Crippen LogP contribution >= 0.6 is 23.2 Å². The van der Waals surface area contributed by atoms with Crippen molar-refractivity contribution in [3.63, 3.8) is 0 Å². The lowest BCUT2D eigenvalue weighted by molar-refractivity contribution is 0.0541. The lowest BCUT2D eigenvalue weighted by Crippen LogP contribution is -2.33. The number of rotatable bonds is 8. The van der Waals surface area contributed by atoms with Crippen molar-refractivity contribution in [1.82, 2.24) is 30.3 Å². The minimum atomic E-state index is -0.918. The van der Waals surface area contributed by atoms with Crippen molar-refractivity contribution in [2.24, 2.45) is 0 Å². The zero-order valence-corrected chi connectivity index (χ0v) is 21.5. The van der Waals surface area contributed by atoms with Crippen molar-refractivity contribution in [3.8, 4) is 29.3 Å². The maximum Gasteiger partial charge on any atom is 0.410 e. The Bertz CT molecular complexity index is 1460. The van der Waals surface area contributed by atoms with Crippen molar-refractivity contribution < 1.29 is 19.0 Å². The number of carbonyl (C=O) groups excluding carboxylic acids is 1. The van der Waals surface area contributed by atoms with Crippen molar-refractivity contribution >= 4 is 29.3 Å². The van der Waals surface area contributed by atoms with E-state index in [4.69, 9.17) is 42.7 Å². The summed E-state index contributed by atoms with van der Waals surface area (Å²) in [6, 6.07) is 5.69. The Balaban J connectivity index is 1.84. The number of amides is 1. The molecule has 0 aliphatic heterocycles. The summed E-state index contributed by atoms with van der Waals surface area (Å²) < 4.78 is 16.9. The molecule has 0 bridgehead atoms. The molecule has 37 heavy (non-hydrogen) atoms. The summed E-state index contributed by atoms with van der Waals surface area (Å²) >= 11 is 12.7. The van der Waals surface area contributed by atoms with Gasteiger partial charge in [0.25, 0.3) is 5.56 Å². The zero-order valence-electron chi connectivity index (χ0n) is 20.0. The van der Waals surface area contributed by atoms with Crippen LogP contribution in [0.25, 0.3) is 5.69 Å². The van der Waals surface area contributed by atoms with Crippen LogP contribution in [0.4, 0.5) is 4.79 Å². The Morgan fingerprint density at radius 2 is 1.84 bits per heavy atom. The van der Waals surface area contributed by atoms with Crippen molar-refractivity contribution in [3.05, 3.63) is 60.3 Å². The number of H-pyrrole nitrogens is 1. The molecule has 13 nitrogen and oxygen atoms in total. The molecule has 0 saturated heterocycles. The first kappa shape index (κ1) is 27.4. The summed E-state index contributed by atoms with van der Waals surface area (Å²) in [7, 11) is 0. The Morgan fingerprint density at radius 3 is 2.43 bits per heavy atom. The van der Waals surface area contributed by atoms with E-state index < -0.39 is 23.0 Å². The Hall–Kier alpha value is -4.15. The van der Waals surface area contributed by atoms with Gasteiger partial charge in [0.1, 0.15) is 6.07 Å². The molecule has 1 amide bonds. The number of aromatic nitrogens is 5. The first-order chi connectivity index (χ1) is 17.5. The monoisotopic (exact) mass is 549 g/mol. The fourth-order valence-electron chi connectivity index (χ4n) is 2.89. The second-order valence-corrected chi connectivity index (χ2v) is 8.88. The van der Waals surface area contributed by atoms with Crippen LogP contribution in [-0.2, 0) is 4.74 Å². The Morgan fingerprint density at radius 1 is 1.16 bits per heavy atom. The van der Waals surface area contributed by atoms with Gasteiger partial charge in [-0.15, -0.1) is 15.3 Å². The quantitative estimate of drug-likeness (QED) is 0.396. The zero-order chi connectivity index (χ0) is 27.3. The molecule has 0 aliphatic rings. The third-order valence-electron chi connectivity index (χ3n) is 4.55. The predicted molar refractivity (Wildman–Crippen MR) is 132 cm³/mol. The molecule has 0 spiro atoms. The summed E-state index contributed by atoms with van der Waals surface area (Å²) in [5.74, 6) is 0.121. The molecule has 0 radical (unpaired) electrons. The highest BCUT2D eigenvalue weighted by molar-refractivity contribution is 6.37. The van der Waals surface area contributed by atoms with Gasteiger partial charge >= 0.3 is 11.8 Å². The topological polar surface area (TPSA) is 174 Å². The van der Waals surface area contributed by atoms with Crippen LogP contribution in [0.3, 0.4) is 0 Å². The molecule has 0 saturated carbocycles. The molecule has 2 aromatic heterocycles. The van der Waals surface area contributed by atoms with E-state index in [2.05, 4.69) is 20.6 Å². The first-order valence-corrected chi connectivity index (χ1v) is 11.5. The van der Waals surface area contributed by atoms with Crippen LogP contribution in [0.2, 0.25) is 10.0 Å². The Labute approximate surface area is 219 Å². The van der Waals surface area contributed by atoms with E-state index in [1.165, 1.54) is 12.1 Å². The van der Waals surface area contributed by atoms with Crippen molar-refractivity contribution in [1.29, 1.82) is 5.26 Å². The van der Waals surface area contributed by atoms with E-state index in [0.717, 1.165) is 4.68 Å². The lowest BCUT2D eigenvalue weighted by atomic mass is 10.1. The van der Waals surface area contributed by atoms with Gasteiger partial charge in [-0.3, -0.25) is 9.78 Å². The van der Waals surface area contributed by atoms with Gasteiger partial charge in [-0.05, 0) is 31.9 Å². The van der Waals surface area contributed by atoms with Gasteiger partial charge in [-0.25, -0.2) is 9.59 Å². The molecule has 15 heteroatoms. The second-order valence-electron chi connectivity index (χ2n) is 8.06. The Kier molecular flexibility index (Phi) is 8.69. The van der Waals surface area contributed by atoms with E-state index in [1.807, 2.05) is 18.8 Å². The van der Waals surface area contributed by atoms with Crippen LogP contribution < -0.4 is 26.0 Å². The van der Waals surface area contributed by atoms with Crippen LogP contribution in [-0.4, -0.2) is 43.9 Å². The van der Waals surface area contributed by atoms with Gasteiger partial charge in [0.2, 0.25) is 24.2 Å². The number of nitriles is 1. The van der Waals surface area contributed by atoms with Gasteiger partial charge < -0.3 is 19.5 Å². The highest BCUT2D eigenvalue weighted by atomic mass is 35.5. The van der Waals surface area contributed by atoms with E-state index in [9.17, 15) is 14.4 Å². The number of benzene rings is 1. The maximum absolute atomic E-state index is 12.2. The average molecular weight is 550 g/mol. The summed E-state index contributed by atoms with van der Waals surface area (Å²) in [5.41, 5.74) is -1.64. The van der Waals surface area contributed by atoms with Gasteiger partial charge in [0.05, 0.1) is 15.7 Å². The second kappa shape index (κ2) is 11.7.